The highest BCUT2D eigenvalue weighted by Gasteiger charge is 2.18. The van der Waals surface area contributed by atoms with Crippen molar-refractivity contribution >= 4 is 11.6 Å². The van der Waals surface area contributed by atoms with Gasteiger partial charge in [-0.2, -0.15) is 0 Å². The highest BCUT2D eigenvalue weighted by Crippen LogP contribution is 2.29. The first-order valence-electron chi connectivity index (χ1n) is 5.99. The highest BCUT2D eigenvalue weighted by molar-refractivity contribution is 5.80. The molecule has 17 heavy (non-hydrogen) atoms. The molecule has 1 heterocycles. The number of nitrogens with two attached hydrogens (primary N) is 2. The maximum atomic E-state index is 11.0. The normalized spacial score (nSPS) is 16.5. The lowest BCUT2D eigenvalue weighted by Gasteiger charge is -2.30. The van der Waals surface area contributed by atoms with Crippen LogP contribution in [0.25, 0.3) is 0 Å². The summed E-state index contributed by atoms with van der Waals surface area (Å²) in [6.45, 7) is 3.17. The van der Waals surface area contributed by atoms with Crippen LogP contribution in [0.15, 0.2) is 18.2 Å². The van der Waals surface area contributed by atoms with Crippen LogP contribution in [0, 0.1) is 0 Å². The smallest absolute Gasteiger partial charge is 0.236 e. The van der Waals surface area contributed by atoms with Gasteiger partial charge in [0.1, 0.15) is 0 Å². The van der Waals surface area contributed by atoms with E-state index in [0.717, 1.165) is 30.6 Å². The van der Waals surface area contributed by atoms with Crippen LogP contribution in [0.2, 0.25) is 0 Å². The summed E-state index contributed by atoms with van der Waals surface area (Å²) in [5, 5.41) is 0. The van der Waals surface area contributed by atoms with Gasteiger partial charge in [0.2, 0.25) is 5.91 Å². The first-order valence-corrected chi connectivity index (χ1v) is 5.99. The maximum absolute atomic E-state index is 11.0. The van der Waals surface area contributed by atoms with E-state index in [4.69, 9.17) is 11.5 Å². The van der Waals surface area contributed by atoms with E-state index in [-0.39, 0.29) is 11.9 Å². The zero-order chi connectivity index (χ0) is 12.4. The second kappa shape index (κ2) is 4.75. The molecule has 0 saturated heterocycles. The second-order valence-corrected chi connectivity index (χ2v) is 4.67. The summed E-state index contributed by atoms with van der Waals surface area (Å²) in [4.78, 5) is 13.1. The van der Waals surface area contributed by atoms with E-state index >= 15 is 0 Å². The highest BCUT2D eigenvalue weighted by atomic mass is 16.1. The number of amides is 1. The van der Waals surface area contributed by atoms with Crippen LogP contribution < -0.4 is 16.4 Å². The Labute approximate surface area is 102 Å². The number of carbonyl (C=O) groups excluding carboxylic acids is 1. The van der Waals surface area contributed by atoms with Gasteiger partial charge in [0, 0.05) is 18.3 Å². The topological polar surface area (TPSA) is 72.3 Å². The van der Waals surface area contributed by atoms with Crippen LogP contribution in [0.3, 0.4) is 0 Å². The molecule has 1 amide bonds. The molecule has 1 atom stereocenters. The molecule has 4 nitrogen and oxygen atoms in total. The van der Waals surface area contributed by atoms with Crippen molar-refractivity contribution in [1.82, 2.24) is 0 Å². The summed E-state index contributed by atoms with van der Waals surface area (Å²) in [6, 6.07) is 6.28. The molecule has 1 unspecified atom stereocenters. The molecule has 1 aliphatic heterocycles. The summed E-state index contributed by atoms with van der Waals surface area (Å²) >= 11 is 0. The fourth-order valence-corrected chi connectivity index (χ4v) is 2.33. The molecule has 0 aliphatic carbocycles. The fourth-order valence-electron chi connectivity index (χ4n) is 2.33. The number of hydrogen-bond acceptors (Lipinski definition) is 3. The summed E-state index contributed by atoms with van der Waals surface area (Å²) < 4.78 is 0. The van der Waals surface area contributed by atoms with E-state index in [1.54, 1.807) is 0 Å². The van der Waals surface area contributed by atoms with Crippen molar-refractivity contribution in [2.75, 3.05) is 18.0 Å². The summed E-state index contributed by atoms with van der Waals surface area (Å²) in [7, 11) is 0. The van der Waals surface area contributed by atoms with Crippen molar-refractivity contribution in [1.29, 1.82) is 0 Å². The number of nitrogens with zero attached hydrogens (tertiary/aromatic N) is 1. The van der Waals surface area contributed by atoms with E-state index in [1.165, 1.54) is 5.56 Å². The van der Waals surface area contributed by atoms with Crippen LogP contribution >= 0.6 is 0 Å². The SMILES string of the molecule is CC(N)c1ccc2c(c1)CCCN2CC(N)=O. The molecule has 1 aromatic rings. The quantitative estimate of drug-likeness (QED) is 0.816. The number of anilines is 1. The maximum Gasteiger partial charge on any atom is 0.236 e. The Morgan fingerprint density at radius 1 is 1.53 bits per heavy atom. The molecule has 4 heteroatoms. The molecule has 0 saturated carbocycles. The van der Waals surface area contributed by atoms with Crippen LogP contribution in [0.1, 0.15) is 30.5 Å². The molecule has 0 spiro atoms. The van der Waals surface area contributed by atoms with Gasteiger partial charge in [-0.25, -0.2) is 0 Å². The van der Waals surface area contributed by atoms with Crippen molar-refractivity contribution in [3.8, 4) is 0 Å². The van der Waals surface area contributed by atoms with Crippen molar-refractivity contribution in [2.45, 2.75) is 25.8 Å². The third-order valence-electron chi connectivity index (χ3n) is 3.19. The average Bonchev–Trinajstić information content (AvgIpc) is 2.28. The number of primary amides is 1. The standard InChI is InChI=1S/C13H19N3O/c1-9(14)10-4-5-12-11(7-10)3-2-6-16(12)8-13(15)17/h4-5,7,9H,2-3,6,8,14H2,1H3,(H2,15,17). The first kappa shape index (κ1) is 11.9. The zero-order valence-corrected chi connectivity index (χ0v) is 10.1. The van der Waals surface area contributed by atoms with Crippen LogP contribution in [-0.4, -0.2) is 19.0 Å². The van der Waals surface area contributed by atoms with Gasteiger partial charge in [0.05, 0.1) is 6.54 Å². The van der Waals surface area contributed by atoms with Crippen molar-refractivity contribution < 1.29 is 4.79 Å². The van der Waals surface area contributed by atoms with Gasteiger partial charge >= 0.3 is 0 Å². The second-order valence-electron chi connectivity index (χ2n) is 4.67. The number of carbonyl (C=O) groups is 1. The molecular weight excluding hydrogens is 214 g/mol. The third kappa shape index (κ3) is 2.58. The Balaban J connectivity index is 2.30. The molecule has 0 fully saturated rings. The summed E-state index contributed by atoms with van der Waals surface area (Å²) in [6.07, 6.45) is 2.11. The van der Waals surface area contributed by atoms with Crippen LogP contribution in [0.4, 0.5) is 5.69 Å². The van der Waals surface area contributed by atoms with E-state index in [0.29, 0.717) is 6.54 Å². The Kier molecular flexibility index (Phi) is 3.33. The van der Waals surface area contributed by atoms with Gasteiger partial charge in [-0.1, -0.05) is 12.1 Å². The Hall–Kier alpha value is -1.55. The van der Waals surface area contributed by atoms with Crippen LogP contribution in [-0.2, 0) is 11.2 Å². The minimum Gasteiger partial charge on any atom is -0.368 e. The Morgan fingerprint density at radius 3 is 2.94 bits per heavy atom. The van der Waals surface area contributed by atoms with Gasteiger partial charge < -0.3 is 16.4 Å². The number of benzene rings is 1. The molecule has 1 aliphatic rings. The fraction of sp³-hybridized carbons (Fsp3) is 0.462. The Morgan fingerprint density at radius 2 is 2.29 bits per heavy atom. The number of rotatable bonds is 3. The van der Waals surface area contributed by atoms with Gasteiger partial charge in [-0.3, -0.25) is 4.79 Å². The van der Waals surface area contributed by atoms with E-state index in [2.05, 4.69) is 12.1 Å². The van der Waals surface area contributed by atoms with E-state index in [9.17, 15) is 4.79 Å². The largest absolute Gasteiger partial charge is 0.368 e. The molecule has 92 valence electrons. The van der Waals surface area contributed by atoms with Crippen molar-refractivity contribution in [2.24, 2.45) is 11.5 Å². The molecule has 2 rings (SSSR count). The van der Waals surface area contributed by atoms with Crippen LogP contribution in [0.5, 0.6) is 0 Å². The van der Waals surface area contributed by atoms with E-state index < -0.39 is 0 Å². The van der Waals surface area contributed by atoms with Gasteiger partial charge in [-0.15, -0.1) is 0 Å². The minimum absolute atomic E-state index is 0.0480. The molecule has 0 bridgehead atoms. The average molecular weight is 233 g/mol. The summed E-state index contributed by atoms with van der Waals surface area (Å²) in [5.41, 5.74) is 14.7. The molecule has 4 N–H and O–H groups in total. The number of fused-ring (bicyclic) bond motifs is 1. The van der Waals surface area contributed by atoms with E-state index in [1.807, 2.05) is 17.9 Å². The van der Waals surface area contributed by atoms with Gasteiger partial charge in [-0.05, 0) is 37.0 Å². The molecular formula is C13H19N3O. The monoisotopic (exact) mass is 233 g/mol. The first-order chi connectivity index (χ1) is 8.08. The predicted molar refractivity (Wildman–Crippen MR) is 68.8 cm³/mol. The lowest BCUT2D eigenvalue weighted by molar-refractivity contribution is -0.116. The van der Waals surface area contributed by atoms with Gasteiger partial charge in [0.15, 0.2) is 0 Å². The minimum atomic E-state index is -0.283. The third-order valence-corrected chi connectivity index (χ3v) is 3.19. The van der Waals surface area contributed by atoms with Gasteiger partial charge in [0.25, 0.3) is 0 Å². The lowest BCUT2D eigenvalue weighted by atomic mass is 9.97. The Bertz CT molecular complexity index is 429. The summed E-state index contributed by atoms with van der Waals surface area (Å²) in [5.74, 6) is -0.283. The van der Waals surface area contributed by atoms with Crippen molar-refractivity contribution in [3.05, 3.63) is 29.3 Å². The molecule has 0 aromatic heterocycles. The number of hydrogen-bond donors (Lipinski definition) is 2. The zero-order valence-electron chi connectivity index (χ0n) is 10.1. The van der Waals surface area contributed by atoms with Crippen molar-refractivity contribution in [3.63, 3.8) is 0 Å². The lowest BCUT2D eigenvalue weighted by Crippen LogP contribution is -2.37. The number of aryl methyl sites for hydroxylation is 1. The molecule has 1 aromatic carbocycles. The molecule has 0 radical (unpaired) electrons. The predicted octanol–water partition coefficient (Wildman–Crippen LogP) is 0.944.